The van der Waals surface area contributed by atoms with Gasteiger partial charge in [-0.2, -0.15) is 0 Å². The van der Waals surface area contributed by atoms with E-state index in [-0.39, 0.29) is 0 Å². The van der Waals surface area contributed by atoms with Crippen LogP contribution >= 0.6 is 0 Å². The Kier molecular flexibility index (Phi) is 8.27. The molecule has 0 saturated heterocycles. The Hall–Kier alpha value is 0.0569. The molecule has 92 valence electrons. The summed E-state index contributed by atoms with van der Waals surface area (Å²) >= 11 is 0. The molecule has 0 aromatic carbocycles. The van der Waals surface area contributed by atoms with Gasteiger partial charge in [0.15, 0.2) is 8.32 Å². The summed E-state index contributed by atoms with van der Waals surface area (Å²) in [4.78, 5) is 2.30. The molecular formula is C10H27N3OSi. The quantitative estimate of drug-likeness (QED) is 0.448. The Bertz CT molecular complexity index is 144. The molecule has 4 N–H and O–H groups in total. The fraction of sp³-hybridized carbons (Fsp3) is 1.00. The lowest BCUT2D eigenvalue weighted by molar-refractivity contribution is 0.239. The highest BCUT2D eigenvalue weighted by Crippen LogP contribution is 2.03. The van der Waals surface area contributed by atoms with Gasteiger partial charge in [-0.1, -0.05) is 0 Å². The molecule has 0 bridgehead atoms. The first-order valence-electron chi connectivity index (χ1n) is 5.76. The minimum atomic E-state index is -1.33. The molecule has 0 saturated carbocycles. The number of nitrogens with two attached hydrogens (primary N) is 2. The van der Waals surface area contributed by atoms with Gasteiger partial charge in [0, 0.05) is 39.3 Å². The van der Waals surface area contributed by atoms with Crippen molar-refractivity contribution in [3.8, 4) is 0 Å². The van der Waals surface area contributed by atoms with Crippen LogP contribution in [0.4, 0.5) is 0 Å². The van der Waals surface area contributed by atoms with Gasteiger partial charge in [-0.15, -0.1) is 0 Å². The van der Waals surface area contributed by atoms with Crippen LogP contribution < -0.4 is 11.5 Å². The second-order valence-corrected chi connectivity index (χ2v) is 9.25. The van der Waals surface area contributed by atoms with Crippen LogP contribution in [-0.2, 0) is 4.43 Å². The summed E-state index contributed by atoms with van der Waals surface area (Å²) in [6.45, 7) is 11.8. The summed E-state index contributed by atoms with van der Waals surface area (Å²) in [5, 5.41) is 0. The number of hydrogen-bond acceptors (Lipinski definition) is 4. The van der Waals surface area contributed by atoms with E-state index in [0.29, 0.717) is 13.1 Å². The average molecular weight is 233 g/mol. The molecular weight excluding hydrogens is 206 g/mol. The van der Waals surface area contributed by atoms with E-state index in [2.05, 4.69) is 24.5 Å². The molecule has 0 aliphatic rings. The van der Waals surface area contributed by atoms with Gasteiger partial charge in [0.2, 0.25) is 0 Å². The van der Waals surface area contributed by atoms with Gasteiger partial charge in [-0.05, 0) is 26.1 Å². The van der Waals surface area contributed by atoms with Crippen molar-refractivity contribution in [2.45, 2.75) is 26.1 Å². The van der Waals surface area contributed by atoms with Gasteiger partial charge in [-0.3, -0.25) is 0 Å². The van der Waals surface area contributed by atoms with Gasteiger partial charge in [0.05, 0.1) is 0 Å². The van der Waals surface area contributed by atoms with Gasteiger partial charge in [0.25, 0.3) is 0 Å². The van der Waals surface area contributed by atoms with E-state index in [1.165, 1.54) is 0 Å². The fourth-order valence-corrected chi connectivity index (χ4v) is 2.12. The predicted octanol–water partition coefficient (Wildman–Crippen LogP) is 0.447. The summed E-state index contributed by atoms with van der Waals surface area (Å²) < 4.78 is 5.79. The second-order valence-electron chi connectivity index (χ2n) is 4.73. The van der Waals surface area contributed by atoms with Gasteiger partial charge < -0.3 is 20.8 Å². The normalized spacial score (nSPS) is 12.4. The highest BCUT2D eigenvalue weighted by Gasteiger charge is 2.13. The van der Waals surface area contributed by atoms with Crippen LogP contribution in [0.1, 0.15) is 6.42 Å². The van der Waals surface area contributed by atoms with Crippen molar-refractivity contribution < 1.29 is 4.43 Å². The number of hydrogen-bond donors (Lipinski definition) is 2. The molecule has 0 aromatic heterocycles. The first-order valence-corrected chi connectivity index (χ1v) is 9.17. The first kappa shape index (κ1) is 15.1. The van der Waals surface area contributed by atoms with E-state index < -0.39 is 8.32 Å². The Labute approximate surface area is 95.1 Å². The lowest BCUT2D eigenvalue weighted by Gasteiger charge is -2.22. The Morgan fingerprint density at radius 3 is 1.93 bits per heavy atom. The van der Waals surface area contributed by atoms with Gasteiger partial charge in [-0.25, -0.2) is 0 Å². The maximum absolute atomic E-state index is 5.79. The Morgan fingerprint density at radius 1 is 1.00 bits per heavy atom. The van der Waals surface area contributed by atoms with Crippen LogP contribution in [0.5, 0.6) is 0 Å². The predicted molar refractivity (Wildman–Crippen MR) is 68.5 cm³/mol. The molecule has 0 aliphatic heterocycles. The molecule has 0 fully saturated rings. The maximum atomic E-state index is 5.79. The van der Waals surface area contributed by atoms with Crippen molar-refractivity contribution in [3.63, 3.8) is 0 Å². The highest BCUT2D eigenvalue weighted by atomic mass is 28.4. The van der Waals surface area contributed by atoms with Crippen molar-refractivity contribution in [2.75, 3.05) is 39.3 Å². The molecule has 0 atom stereocenters. The average Bonchev–Trinajstić information content (AvgIpc) is 2.11. The van der Waals surface area contributed by atoms with Crippen LogP contribution in [0.15, 0.2) is 0 Å². The molecule has 15 heavy (non-hydrogen) atoms. The first-order chi connectivity index (χ1) is 6.99. The van der Waals surface area contributed by atoms with Crippen LogP contribution in [0, 0.1) is 0 Å². The SMILES string of the molecule is C[Si](C)(C)OCCCN(CCN)CCN. The summed E-state index contributed by atoms with van der Waals surface area (Å²) in [5.74, 6) is 0. The van der Waals surface area contributed by atoms with Crippen molar-refractivity contribution >= 4 is 8.32 Å². The van der Waals surface area contributed by atoms with Crippen molar-refractivity contribution in [1.82, 2.24) is 4.90 Å². The lowest BCUT2D eigenvalue weighted by atomic mass is 10.3. The maximum Gasteiger partial charge on any atom is 0.183 e. The van der Waals surface area contributed by atoms with Crippen LogP contribution in [0.3, 0.4) is 0 Å². The zero-order valence-electron chi connectivity index (χ0n) is 10.5. The standard InChI is InChI=1S/C10H27N3OSi/c1-15(2,3)14-10-4-7-13(8-5-11)9-6-12/h4-12H2,1-3H3. The molecule has 0 amide bonds. The molecule has 4 nitrogen and oxygen atoms in total. The smallest absolute Gasteiger partial charge is 0.183 e. The van der Waals surface area contributed by atoms with Gasteiger partial charge in [0.1, 0.15) is 0 Å². The third-order valence-electron chi connectivity index (χ3n) is 2.04. The van der Waals surface area contributed by atoms with E-state index >= 15 is 0 Å². The lowest BCUT2D eigenvalue weighted by Crippen LogP contribution is -2.35. The molecule has 0 aromatic rings. The van der Waals surface area contributed by atoms with Crippen LogP contribution in [0.2, 0.25) is 19.6 Å². The van der Waals surface area contributed by atoms with Crippen molar-refractivity contribution in [3.05, 3.63) is 0 Å². The molecule has 0 heterocycles. The van der Waals surface area contributed by atoms with E-state index in [1.54, 1.807) is 0 Å². The minimum Gasteiger partial charge on any atom is -0.418 e. The number of nitrogens with zero attached hydrogens (tertiary/aromatic N) is 1. The summed E-state index contributed by atoms with van der Waals surface area (Å²) in [5.41, 5.74) is 11.1. The molecule has 0 aliphatic carbocycles. The van der Waals surface area contributed by atoms with E-state index in [0.717, 1.165) is 32.7 Å². The number of rotatable bonds is 9. The monoisotopic (exact) mass is 233 g/mol. The summed E-state index contributed by atoms with van der Waals surface area (Å²) in [6, 6.07) is 0. The fourth-order valence-electron chi connectivity index (χ4n) is 1.37. The molecule has 0 rings (SSSR count). The third-order valence-corrected chi connectivity index (χ3v) is 3.11. The zero-order valence-corrected chi connectivity index (χ0v) is 11.5. The molecule has 0 spiro atoms. The zero-order chi connectivity index (χ0) is 11.7. The second kappa shape index (κ2) is 8.24. The molecule has 0 radical (unpaired) electrons. The van der Waals surface area contributed by atoms with Gasteiger partial charge >= 0.3 is 0 Å². The molecule has 5 heteroatoms. The van der Waals surface area contributed by atoms with Crippen LogP contribution in [-0.4, -0.2) is 52.5 Å². The third kappa shape index (κ3) is 10.3. The van der Waals surface area contributed by atoms with E-state index in [1.807, 2.05) is 0 Å². The molecule has 0 unspecified atom stereocenters. The Morgan fingerprint density at radius 2 is 1.53 bits per heavy atom. The Balaban J connectivity index is 3.52. The van der Waals surface area contributed by atoms with Crippen molar-refractivity contribution in [1.29, 1.82) is 0 Å². The van der Waals surface area contributed by atoms with E-state index in [9.17, 15) is 0 Å². The summed E-state index contributed by atoms with van der Waals surface area (Å²) in [7, 11) is -1.33. The summed E-state index contributed by atoms with van der Waals surface area (Å²) in [6.07, 6.45) is 1.07. The minimum absolute atomic E-state index is 0.703. The van der Waals surface area contributed by atoms with Crippen molar-refractivity contribution in [2.24, 2.45) is 11.5 Å². The topological polar surface area (TPSA) is 64.5 Å². The van der Waals surface area contributed by atoms with Crippen LogP contribution in [0.25, 0.3) is 0 Å². The van der Waals surface area contributed by atoms with E-state index in [4.69, 9.17) is 15.9 Å². The largest absolute Gasteiger partial charge is 0.418 e. The highest BCUT2D eigenvalue weighted by molar-refractivity contribution is 6.69.